The largest absolute Gasteiger partial charge is 0.497 e. The molecule has 0 N–H and O–H groups in total. The topological polar surface area (TPSA) is 72.6 Å². The normalized spacial score (nSPS) is 11.4. The second kappa shape index (κ2) is 9.07. The smallest absolute Gasteiger partial charge is 0.265 e. The number of ether oxygens (including phenoxy) is 1. The monoisotopic (exact) mass is 466 g/mol. The molecular weight excluding hydrogens is 443 g/mol. The van der Waals surface area contributed by atoms with Gasteiger partial charge in [0.15, 0.2) is 5.76 Å². The maximum Gasteiger partial charge on any atom is 0.265 e. The highest BCUT2D eigenvalue weighted by Gasteiger charge is 2.28. The molecule has 33 heavy (non-hydrogen) atoms. The van der Waals surface area contributed by atoms with Gasteiger partial charge in [-0.3, -0.25) is 4.31 Å². The van der Waals surface area contributed by atoms with Gasteiger partial charge in [-0.2, -0.15) is 0 Å². The number of hydrogen-bond acceptors (Lipinski definition) is 5. The number of aromatic nitrogens is 1. The molecule has 3 aromatic carbocycles. The summed E-state index contributed by atoms with van der Waals surface area (Å²) in [5.41, 5.74) is 2.56. The van der Waals surface area contributed by atoms with Gasteiger partial charge >= 0.3 is 0 Å². The van der Waals surface area contributed by atoms with Gasteiger partial charge in [0.05, 0.1) is 23.9 Å². The zero-order valence-electron chi connectivity index (χ0n) is 18.4. The van der Waals surface area contributed by atoms with Crippen LogP contribution in [0.3, 0.4) is 0 Å². The van der Waals surface area contributed by atoms with Crippen molar-refractivity contribution in [2.24, 2.45) is 0 Å². The van der Waals surface area contributed by atoms with Crippen molar-refractivity contribution >= 4 is 15.7 Å². The number of anilines is 1. The number of benzene rings is 3. The van der Waals surface area contributed by atoms with E-state index in [1.807, 2.05) is 13.0 Å². The number of hydrogen-bond donors (Lipinski definition) is 0. The van der Waals surface area contributed by atoms with Gasteiger partial charge in [-0.1, -0.05) is 12.1 Å². The fourth-order valence-corrected chi connectivity index (χ4v) is 5.15. The lowest BCUT2D eigenvalue weighted by molar-refractivity contribution is 0.415. The molecule has 1 aromatic heterocycles. The van der Waals surface area contributed by atoms with Crippen LogP contribution in [0.15, 0.2) is 82.2 Å². The first-order valence-corrected chi connectivity index (χ1v) is 11.7. The number of methoxy groups -OCH3 is 1. The van der Waals surface area contributed by atoms with E-state index in [1.165, 1.54) is 22.6 Å². The molecule has 0 spiro atoms. The average molecular weight is 467 g/mol. The van der Waals surface area contributed by atoms with Crippen molar-refractivity contribution < 1.29 is 22.0 Å². The van der Waals surface area contributed by atoms with Crippen LogP contribution in [0.25, 0.3) is 11.3 Å². The van der Waals surface area contributed by atoms with Crippen LogP contribution in [0.5, 0.6) is 5.75 Å². The summed E-state index contributed by atoms with van der Waals surface area (Å²) >= 11 is 0. The lowest BCUT2D eigenvalue weighted by Crippen LogP contribution is -2.31. The van der Waals surface area contributed by atoms with Gasteiger partial charge in [0.1, 0.15) is 18.1 Å². The van der Waals surface area contributed by atoms with Gasteiger partial charge in [0, 0.05) is 5.56 Å². The fourth-order valence-electron chi connectivity index (χ4n) is 3.42. The Morgan fingerprint density at radius 2 is 1.70 bits per heavy atom. The van der Waals surface area contributed by atoms with E-state index in [0.717, 1.165) is 5.56 Å². The Labute approximate surface area is 192 Å². The van der Waals surface area contributed by atoms with Crippen molar-refractivity contribution in [2.45, 2.75) is 25.3 Å². The van der Waals surface area contributed by atoms with Crippen LogP contribution in [0.2, 0.25) is 0 Å². The number of rotatable bonds is 7. The Hall–Kier alpha value is -3.65. The molecule has 0 aliphatic heterocycles. The van der Waals surface area contributed by atoms with Crippen molar-refractivity contribution in [3.63, 3.8) is 0 Å². The van der Waals surface area contributed by atoms with Crippen molar-refractivity contribution in [2.75, 3.05) is 11.4 Å². The van der Waals surface area contributed by atoms with Crippen molar-refractivity contribution in [3.05, 3.63) is 95.8 Å². The van der Waals surface area contributed by atoms with Crippen molar-refractivity contribution in [3.8, 4) is 17.1 Å². The van der Waals surface area contributed by atoms with Crippen molar-refractivity contribution in [1.29, 1.82) is 0 Å². The number of aryl methyl sites for hydroxylation is 2. The maximum absolute atomic E-state index is 13.8. The molecule has 4 aromatic rings. The summed E-state index contributed by atoms with van der Waals surface area (Å²) in [5.74, 6) is 0.879. The number of oxazole rings is 1. The lowest BCUT2D eigenvalue weighted by atomic mass is 10.2. The van der Waals surface area contributed by atoms with Gasteiger partial charge in [0.2, 0.25) is 5.89 Å². The van der Waals surface area contributed by atoms with E-state index >= 15 is 0 Å². The Kier molecular flexibility index (Phi) is 6.20. The van der Waals surface area contributed by atoms with Crippen LogP contribution in [0, 0.1) is 19.7 Å². The molecule has 0 saturated heterocycles. The Balaban J connectivity index is 1.75. The van der Waals surface area contributed by atoms with Gasteiger partial charge in [-0.15, -0.1) is 0 Å². The van der Waals surface area contributed by atoms with Gasteiger partial charge in [-0.25, -0.2) is 17.8 Å². The van der Waals surface area contributed by atoms with Crippen LogP contribution in [-0.2, 0) is 16.6 Å². The molecule has 6 nitrogen and oxygen atoms in total. The third-order valence-corrected chi connectivity index (χ3v) is 7.15. The van der Waals surface area contributed by atoms with Crippen LogP contribution in [0.4, 0.5) is 10.1 Å². The van der Waals surface area contributed by atoms with E-state index in [-0.39, 0.29) is 23.1 Å². The number of sulfonamides is 1. The molecule has 4 rings (SSSR count). The lowest BCUT2D eigenvalue weighted by Gasteiger charge is -2.24. The van der Waals surface area contributed by atoms with E-state index in [9.17, 15) is 12.8 Å². The summed E-state index contributed by atoms with van der Waals surface area (Å²) in [7, 11) is -2.40. The molecule has 0 aliphatic rings. The molecule has 0 fully saturated rings. The molecule has 0 atom stereocenters. The number of nitrogens with zero attached hydrogens (tertiary/aromatic N) is 2. The summed E-state index contributed by atoms with van der Waals surface area (Å²) in [4.78, 5) is 4.48. The summed E-state index contributed by atoms with van der Waals surface area (Å²) in [6, 6.07) is 17.8. The SMILES string of the molecule is COc1ccc(N(Cc2ncc(-c3ccc(F)cc3)o2)S(=O)(=O)c2cc(C)ccc2C)cc1. The molecule has 0 bridgehead atoms. The van der Waals surface area contributed by atoms with Gasteiger partial charge < -0.3 is 9.15 Å². The average Bonchev–Trinajstić information content (AvgIpc) is 3.28. The first-order chi connectivity index (χ1) is 15.8. The molecule has 170 valence electrons. The molecule has 0 radical (unpaired) electrons. The van der Waals surface area contributed by atoms with Crippen LogP contribution in [0.1, 0.15) is 17.0 Å². The molecule has 1 heterocycles. The minimum Gasteiger partial charge on any atom is -0.497 e. The zero-order valence-corrected chi connectivity index (χ0v) is 19.3. The minimum absolute atomic E-state index is 0.122. The molecule has 0 saturated carbocycles. The third-order valence-electron chi connectivity index (χ3n) is 5.23. The maximum atomic E-state index is 13.8. The van der Waals surface area contributed by atoms with E-state index in [4.69, 9.17) is 9.15 Å². The fraction of sp³-hybridized carbons (Fsp3) is 0.160. The molecule has 0 unspecified atom stereocenters. The third kappa shape index (κ3) is 4.75. The molecule has 0 aliphatic carbocycles. The highest BCUT2D eigenvalue weighted by molar-refractivity contribution is 7.92. The Morgan fingerprint density at radius 3 is 2.36 bits per heavy atom. The summed E-state index contributed by atoms with van der Waals surface area (Å²) < 4.78 is 53.1. The van der Waals surface area contributed by atoms with Crippen LogP contribution < -0.4 is 9.04 Å². The van der Waals surface area contributed by atoms with E-state index in [0.29, 0.717) is 28.3 Å². The van der Waals surface area contributed by atoms with Crippen molar-refractivity contribution in [1.82, 2.24) is 4.98 Å². The van der Waals surface area contributed by atoms with Gasteiger partial charge in [-0.05, 0) is 79.6 Å². The van der Waals surface area contributed by atoms with E-state index in [1.54, 1.807) is 62.6 Å². The number of halogens is 1. The summed E-state index contributed by atoms with van der Waals surface area (Å²) in [6.45, 7) is 3.48. The predicted octanol–water partition coefficient (Wildman–Crippen LogP) is 5.50. The molecule has 0 amide bonds. The standard InChI is InChI=1S/C25H23FN2O4S/c1-17-4-5-18(2)24(14-17)33(29,30)28(21-10-12-22(31-3)13-11-21)16-25-27-15-23(32-25)19-6-8-20(26)9-7-19/h4-15H,16H2,1-3H3. The molecular formula is C25H23FN2O4S. The Bertz CT molecular complexity index is 1360. The highest BCUT2D eigenvalue weighted by atomic mass is 32.2. The predicted molar refractivity (Wildman–Crippen MR) is 124 cm³/mol. The zero-order chi connectivity index (χ0) is 23.6. The second-order valence-electron chi connectivity index (χ2n) is 7.60. The first-order valence-electron chi connectivity index (χ1n) is 10.2. The highest BCUT2D eigenvalue weighted by Crippen LogP contribution is 2.30. The second-order valence-corrected chi connectivity index (χ2v) is 9.43. The molecule has 8 heteroatoms. The quantitative estimate of drug-likeness (QED) is 0.360. The van der Waals surface area contributed by atoms with Crippen LogP contribution >= 0.6 is 0 Å². The first kappa shape index (κ1) is 22.5. The summed E-state index contributed by atoms with van der Waals surface area (Å²) in [5, 5.41) is 0. The van der Waals surface area contributed by atoms with E-state index in [2.05, 4.69) is 4.98 Å². The Morgan fingerprint density at radius 1 is 1.00 bits per heavy atom. The minimum atomic E-state index is -3.94. The van der Waals surface area contributed by atoms with E-state index < -0.39 is 10.0 Å². The van der Waals surface area contributed by atoms with Crippen LogP contribution in [-0.4, -0.2) is 20.5 Å². The summed E-state index contributed by atoms with van der Waals surface area (Å²) in [6.07, 6.45) is 1.50. The van der Waals surface area contributed by atoms with Gasteiger partial charge in [0.25, 0.3) is 10.0 Å².